The predicted octanol–water partition coefficient (Wildman–Crippen LogP) is 2.56. The van der Waals surface area contributed by atoms with Crippen LogP contribution in [0.5, 0.6) is 0 Å². The Morgan fingerprint density at radius 2 is 1.95 bits per heavy atom. The first-order valence-electron chi connectivity index (χ1n) is 5.63. The molecule has 1 aromatic rings. The number of carbonyl (C=O) groups is 2. The number of alkyl halides is 3. The van der Waals surface area contributed by atoms with E-state index in [0.29, 0.717) is 4.90 Å². The molecular formula is C13H11F4NO3. The number of carboxylic acid groups (broad SMARTS) is 1. The maximum atomic E-state index is 13.5. The number of carboxylic acids is 1. The van der Waals surface area contributed by atoms with Gasteiger partial charge < -0.3 is 10.0 Å². The van der Waals surface area contributed by atoms with Crippen molar-refractivity contribution in [3.63, 3.8) is 0 Å². The zero-order valence-electron chi connectivity index (χ0n) is 10.8. The van der Waals surface area contributed by atoms with Gasteiger partial charge in [-0.1, -0.05) is 6.07 Å². The van der Waals surface area contributed by atoms with E-state index in [2.05, 4.69) is 0 Å². The normalized spacial score (nSPS) is 11.7. The summed E-state index contributed by atoms with van der Waals surface area (Å²) in [6.45, 7) is -1.51. The number of benzene rings is 1. The van der Waals surface area contributed by atoms with Crippen LogP contribution in [0.15, 0.2) is 24.3 Å². The quantitative estimate of drug-likeness (QED) is 0.687. The van der Waals surface area contributed by atoms with Gasteiger partial charge >= 0.3 is 12.1 Å². The number of nitrogens with zero attached hydrogens (tertiary/aromatic N) is 1. The van der Waals surface area contributed by atoms with Crippen LogP contribution in [0.4, 0.5) is 17.6 Å². The van der Waals surface area contributed by atoms with E-state index in [-0.39, 0.29) is 5.56 Å². The molecule has 0 aliphatic rings. The molecule has 1 N–H and O–H groups in total. The number of rotatable bonds is 4. The number of amides is 1. The Kier molecular flexibility index (Phi) is 5.07. The largest absolute Gasteiger partial charge is 0.478 e. The van der Waals surface area contributed by atoms with Crippen molar-refractivity contribution in [2.45, 2.75) is 6.18 Å². The van der Waals surface area contributed by atoms with Crippen molar-refractivity contribution in [2.24, 2.45) is 0 Å². The first kappa shape index (κ1) is 16.7. The standard InChI is InChI=1S/C13H11F4NO3/c1-18(7-13(15,16)17)12(21)9-6-8(2-4-10(9)14)3-5-11(19)20/h2-6H,7H2,1H3,(H,19,20). The third-order valence-electron chi connectivity index (χ3n) is 2.40. The van der Waals surface area contributed by atoms with Crippen molar-refractivity contribution in [1.82, 2.24) is 4.90 Å². The van der Waals surface area contributed by atoms with E-state index in [1.807, 2.05) is 0 Å². The average Bonchev–Trinajstić information content (AvgIpc) is 2.34. The summed E-state index contributed by atoms with van der Waals surface area (Å²) in [5, 5.41) is 8.46. The molecule has 0 fully saturated rings. The van der Waals surface area contributed by atoms with Crippen LogP contribution in [0.3, 0.4) is 0 Å². The molecule has 0 aliphatic heterocycles. The molecule has 21 heavy (non-hydrogen) atoms. The second kappa shape index (κ2) is 6.38. The Balaban J connectivity index is 3.03. The highest BCUT2D eigenvalue weighted by Gasteiger charge is 2.32. The van der Waals surface area contributed by atoms with E-state index in [1.54, 1.807) is 0 Å². The van der Waals surface area contributed by atoms with Crippen molar-refractivity contribution >= 4 is 18.0 Å². The van der Waals surface area contributed by atoms with E-state index < -0.39 is 36.0 Å². The molecule has 1 rings (SSSR count). The molecule has 0 aromatic heterocycles. The molecule has 0 unspecified atom stereocenters. The Morgan fingerprint density at radius 3 is 2.48 bits per heavy atom. The summed E-state index contributed by atoms with van der Waals surface area (Å²) >= 11 is 0. The number of carbonyl (C=O) groups excluding carboxylic acids is 1. The molecule has 4 nitrogen and oxygen atoms in total. The monoisotopic (exact) mass is 305 g/mol. The highest BCUT2D eigenvalue weighted by Crippen LogP contribution is 2.19. The van der Waals surface area contributed by atoms with E-state index in [9.17, 15) is 27.2 Å². The minimum Gasteiger partial charge on any atom is -0.478 e. The highest BCUT2D eigenvalue weighted by molar-refractivity contribution is 5.95. The fraction of sp³-hybridized carbons (Fsp3) is 0.231. The van der Waals surface area contributed by atoms with Gasteiger partial charge in [-0.25, -0.2) is 9.18 Å². The summed E-state index contributed by atoms with van der Waals surface area (Å²) in [5.74, 6) is -3.38. The third-order valence-corrected chi connectivity index (χ3v) is 2.40. The second-order valence-corrected chi connectivity index (χ2v) is 4.19. The van der Waals surface area contributed by atoms with Gasteiger partial charge in [-0.15, -0.1) is 0 Å². The Bertz CT molecular complexity index is 581. The molecule has 0 spiro atoms. The van der Waals surface area contributed by atoms with Gasteiger partial charge in [0.2, 0.25) is 0 Å². The van der Waals surface area contributed by atoms with E-state index in [1.165, 1.54) is 6.07 Å². The van der Waals surface area contributed by atoms with Crippen LogP contribution < -0.4 is 0 Å². The number of hydrogen-bond acceptors (Lipinski definition) is 2. The van der Waals surface area contributed by atoms with Gasteiger partial charge in [0.25, 0.3) is 5.91 Å². The van der Waals surface area contributed by atoms with Crippen LogP contribution in [0.1, 0.15) is 15.9 Å². The van der Waals surface area contributed by atoms with Crippen molar-refractivity contribution in [2.75, 3.05) is 13.6 Å². The Hall–Kier alpha value is -2.38. The lowest BCUT2D eigenvalue weighted by Gasteiger charge is -2.19. The van der Waals surface area contributed by atoms with Gasteiger partial charge in [-0.05, 0) is 23.8 Å². The molecule has 0 atom stereocenters. The highest BCUT2D eigenvalue weighted by atomic mass is 19.4. The lowest BCUT2D eigenvalue weighted by Crippen LogP contribution is -2.36. The first-order chi connectivity index (χ1) is 9.60. The zero-order valence-corrected chi connectivity index (χ0v) is 10.8. The van der Waals surface area contributed by atoms with Crippen LogP contribution in [0.25, 0.3) is 6.08 Å². The molecule has 1 aromatic carbocycles. The van der Waals surface area contributed by atoms with E-state index >= 15 is 0 Å². The van der Waals surface area contributed by atoms with Gasteiger partial charge in [0.1, 0.15) is 12.4 Å². The van der Waals surface area contributed by atoms with E-state index in [4.69, 9.17) is 5.11 Å². The van der Waals surface area contributed by atoms with Crippen LogP contribution >= 0.6 is 0 Å². The molecule has 0 radical (unpaired) electrons. The second-order valence-electron chi connectivity index (χ2n) is 4.19. The van der Waals surface area contributed by atoms with E-state index in [0.717, 1.165) is 31.3 Å². The summed E-state index contributed by atoms with van der Waals surface area (Å²) < 4.78 is 50.2. The summed E-state index contributed by atoms with van der Waals surface area (Å²) in [5.41, 5.74) is -0.378. The fourth-order valence-electron chi connectivity index (χ4n) is 1.52. The molecule has 8 heteroatoms. The van der Waals surface area contributed by atoms with Gasteiger partial charge in [0.05, 0.1) is 5.56 Å². The molecule has 114 valence electrons. The molecule has 0 aliphatic carbocycles. The smallest absolute Gasteiger partial charge is 0.406 e. The molecule has 1 amide bonds. The van der Waals surface area contributed by atoms with Crippen molar-refractivity contribution < 1.29 is 32.3 Å². The average molecular weight is 305 g/mol. The maximum Gasteiger partial charge on any atom is 0.406 e. The molecule has 0 bridgehead atoms. The molecular weight excluding hydrogens is 294 g/mol. The summed E-state index contributed by atoms with van der Waals surface area (Å²) in [4.78, 5) is 22.5. The summed E-state index contributed by atoms with van der Waals surface area (Å²) in [6, 6.07) is 3.08. The van der Waals surface area contributed by atoms with Crippen molar-refractivity contribution in [3.8, 4) is 0 Å². The summed E-state index contributed by atoms with van der Waals surface area (Å²) in [7, 11) is 0.898. The SMILES string of the molecule is CN(CC(F)(F)F)C(=O)c1cc(C=CC(=O)O)ccc1F. The van der Waals surface area contributed by atoms with Crippen LogP contribution in [-0.4, -0.2) is 41.7 Å². The molecule has 0 heterocycles. The Labute approximate surface area is 117 Å². The lowest BCUT2D eigenvalue weighted by atomic mass is 10.1. The number of aliphatic carboxylic acids is 1. The first-order valence-corrected chi connectivity index (χ1v) is 5.63. The fourth-order valence-corrected chi connectivity index (χ4v) is 1.52. The lowest BCUT2D eigenvalue weighted by molar-refractivity contribution is -0.138. The molecule has 0 saturated carbocycles. The number of halogens is 4. The maximum absolute atomic E-state index is 13.5. The van der Waals surface area contributed by atoms with Gasteiger partial charge in [-0.2, -0.15) is 13.2 Å². The topological polar surface area (TPSA) is 57.6 Å². The summed E-state index contributed by atoms with van der Waals surface area (Å²) in [6.07, 6.45) is -2.73. The van der Waals surface area contributed by atoms with Crippen molar-refractivity contribution in [3.05, 3.63) is 41.2 Å². The van der Waals surface area contributed by atoms with Crippen LogP contribution in [-0.2, 0) is 4.79 Å². The van der Waals surface area contributed by atoms with Crippen LogP contribution in [0.2, 0.25) is 0 Å². The minimum absolute atomic E-state index is 0.183. The van der Waals surface area contributed by atoms with Gasteiger partial charge in [0.15, 0.2) is 0 Å². The Morgan fingerprint density at radius 1 is 1.33 bits per heavy atom. The van der Waals surface area contributed by atoms with Crippen LogP contribution in [0, 0.1) is 5.82 Å². The van der Waals surface area contributed by atoms with Crippen molar-refractivity contribution in [1.29, 1.82) is 0 Å². The predicted molar refractivity (Wildman–Crippen MR) is 66.1 cm³/mol. The minimum atomic E-state index is -4.60. The third kappa shape index (κ3) is 5.25. The van der Waals surface area contributed by atoms with Gasteiger partial charge in [0, 0.05) is 13.1 Å². The number of hydrogen-bond donors (Lipinski definition) is 1. The molecule has 0 saturated heterocycles. The zero-order chi connectivity index (χ0) is 16.2. The van der Waals surface area contributed by atoms with Gasteiger partial charge in [-0.3, -0.25) is 4.79 Å².